The Labute approximate surface area is 95.1 Å². The fraction of sp³-hybridized carbons (Fsp3) is 0.417. The zero-order valence-electron chi connectivity index (χ0n) is 10.2. The van der Waals surface area contributed by atoms with Gasteiger partial charge in [0, 0.05) is 5.56 Å². The molecule has 0 saturated carbocycles. The number of methoxy groups -OCH3 is 3. The molecule has 4 nitrogen and oxygen atoms in total. The summed E-state index contributed by atoms with van der Waals surface area (Å²) in [7, 11) is 4.45. The van der Waals surface area contributed by atoms with Gasteiger partial charge in [0.05, 0.1) is 21.3 Å². The molecule has 0 fully saturated rings. The van der Waals surface area contributed by atoms with Gasteiger partial charge in [-0.2, -0.15) is 0 Å². The summed E-state index contributed by atoms with van der Waals surface area (Å²) in [5.74, 6) is 0.797. The van der Waals surface area contributed by atoms with Crippen molar-refractivity contribution < 1.29 is 19.0 Å². The van der Waals surface area contributed by atoms with E-state index >= 15 is 0 Å². The number of ether oxygens (including phenoxy) is 3. The Bertz CT molecular complexity index is 410. The fourth-order valence-electron chi connectivity index (χ4n) is 1.68. The summed E-state index contributed by atoms with van der Waals surface area (Å²) in [6, 6.07) is 1.80. The molecule has 0 aliphatic rings. The molecule has 4 heteroatoms. The van der Waals surface area contributed by atoms with Crippen LogP contribution in [0.25, 0.3) is 0 Å². The number of rotatable bonds is 3. The summed E-state index contributed by atoms with van der Waals surface area (Å²) >= 11 is 0. The number of carbonyl (C=O) groups excluding carboxylic acids is 1. The monoisotopic (exact) mass is 224 g/mol. The van der Waals surface area contributed by atoms with Crippen LogP contribution in [0.5, 0.6) is 11.5 Å². The van der Waals surface area contributed by atoms with Crippen molar-refractivity contribution in [2.45, 2.75) is 13.8 Å². The standard InChI is InChI=1S/C12H16O4/c1-7-6-9(14-3)8(2)11(15-4)10(7)12(13)16-5/h6H,1-5H3. The summed E-state index contributed by atoms with van der Waals surface area (Å²) in [5, 5.41) is 0. The van der Waals surface area contributed by atoms with Gasteiger partial charge in [0.15, 0.2) is 0 Å². The van der Waals surface area contributed by atoms with E-state index < -0.39 is 5.97 Å². The Balaban J connectivity index is 3.49. The molecule has 1 aromatic carbocycles. The number of esters is 1. The van der Waals surface area contributed by atoms with Crippen molar-refractivity contribution >= 4 is 5.97 Å². The van der Waals surface area contributed by atoms with Gasteiger partial charge >= 0.3 is 5.97 Å². The summed E-state index contributed by atoms with van der Waals surface area (Å²) < 4.78 is 15.2. The maximum absolute atomic E-state index is 11.6. The van der Waals surface area contributed by atoms with Crippen molar-refractivity contribution in [1.29, 1.82) is 0 Å². The van der Waals surface area contributed by atoms with E-state index in [9.17, 15) is 4.79 Å². The predicted octanol–water partition coefficient (Wildman–Crippen LogP) is 2.11. The molecule has 0 unspecified atom stereocenters. The Kier molecular flexibility index (Phi) is 3.77. The van der Waals surface area contributed by atoms with Gasteiger partial charge in [-0.1, -0.05) is 0 Å². The molecule has 0 aromatic heterocycles. The third-order valence-corrected chi connectivity index (χ3v) is 2.49. The summed E-state index contributed by atoms with van der Waals surface area (Å²) in [6.45, 7) is 3.65. The minimum Gasteiger partial charge on any atom is -0.496 e. The Hall–Kier alpha value is -1.71. The van der Waals surface area contributed by atoms with E-state index in [1.54, 1.807) is 13.2 Å². The lowest BCUT2D eigenvalue weighted by Crippen LogP contribution is -2.08. The minimum absolute atomic E-state index is 0.403. The van der Waals surface area contributed by atoms with Crippen LogP contribution in [-0.4, -0.2) is 27.3 Å². The minimum atomic E-state index is -0.403. The molecule has 0 amide bonds. The van der Waals surface area contributed by atoms with Gasteiger partial charge in [0.2, 0.25) is 0 Å². The SMILES string of the molecule is COC(=O)c1c(C)cc(OC)c(C)c1OC. The van der Waals surface area contributed by atoms with Gasteiger partial charge in [-0.3, -0.25) is 0 Å². The molecule has 0 radical (unpaired) electrons. The van der Waals surface area contributed by atoms with Gasteiger partial charge in [0.25, 0.3) is 0 Å². The largest absolute Gasteiger partial charge is 0.496 e. The average molecular weight is 224 g/mol. The van der Waals surface area contributed by atoms with Crippen molar-refractivity contribution in [3.05, 3.63) is 22.8 Å². The van der Waals surface area contributed by atoms with Crippen molar-refractivity contribution in [3.63, 3.8) is 0 Å². The van der Waals surface area contributed by atoms with Crippen LogP contribution >= 0.6 is 0 Å². The van der Waals surface area contributed by atoms with Crippen molar-refractivity contribution in [2.75, 3.05) is 21.3 Å². The lowest BCUT2D eigenvalue weighted by atomic mass is 10.0. The molecule has 0 bridgehead atoms. The molecular formula is C12H16O4. The molecule has 16 heavy (non-hydrogen) atoms. The third kappa shape index (κ3) is 1.96. The van der Waals surface area contributed by atoms with Gasteiger partial charge in [-0.05, 0) is 25.5 Å². The zero-order chi connectivity index (χ0) is 12.3. The van der Waals surface area contributed by atoms with E-state index in [0.717, 1.165) is 11.1 Å². The van der Waals surface area contributed by atoms with Gasteiger partial charge in [0.1, 0.15) is 17.1 Å². The van der Waals surface area contributed by atoms with E-state index in [0.29, 0.717) is 17.1 Å². The average Bonchev–Trinajstić information content (AvgIpc) is 2.29. The van der Waals surface area contributed by atoms with Gasteiger partial charge in [-0.15, -0.1) is 0 Å². The van der Waals surface area contributed by atoms with Crippen LogP contribution in [0, 0.1) is 13.8 Å². The van der Waals surface area contributed by atoms with Gasteiger partial charge in [-0.25, -0.2) is 4.79 Å². The first-order valence-corrected chi connectivity index (χ1v) is 4.87. The van der Waals surface area contributed by atoms with Crippen LogP contribution in [0.1, 0.15) is 21.5 Å². The highest BCUT2D eigenvalue weighted by Gasteiger charge is 2.20. The summed E-state index contributed by atoms with van der Waals surface area (Å²) in [6.07, 6.45) is 0. The Morgan fingerprint density at radius 3 is 2.19 bits per heavy atom. The lowest BCUT2D eigenvalue weighted by molar-refractivity contribution is 0.0596. The fourth-order valence-corrected chi connectivity index (χ4v) is 1.68. The molecule has 0 saturated heterocycles. The maximum atomic E-state index is 11.6. The van der Waals surface area contributed by atoms with Crippen LogP contribution in [0.3, 0.4) is 0 Å². The van der Waals surface area contributed by atoms with Crippen LogP contribution in [0.15, 0.2) is 6.07 Å². The topological polar surface area (TPSA) is 44.8 Å². The molecule has 0 aliphatic carbocycles. The second-order valence-electron chi connectivity index (χ2n) is 3.42. The predicted molar refractivity (Wildman–Crippen MR) is 60.4 cm³/mol. The van der Waals surface area contributed by atoms with Crippen LogP contribution in [-0.2, 0) is 4.74 Å². The van der Waals surface area contributed by atoms with Crippen LogP contribution in [0.2, 0.25) is 0 Å². The Morgan fingerprint density at radius 2 is 1.75 bits per heavy atom. The molecule has 88 valence electrons. The van der Waals surface area contributed by atoms with E-state index in [2.05, 4.69) is 0 Å². The van der Waals surface area contributed by atoms with E-state index in [1.165, 1.54) is 14.2 Å². The molecule has 1 aromatic rings. The first kappa shape index (κ1) is 12.4. The third-order valence-electron chi connectivity index (χ3n) is 2.49. The quantitative estimate of drug-likeness (QED) is 0.737. The smallest absolute Gasteiger partial charge is 0.341 e. The second kappa shape index (κ2) is 4.88. The van der Waals surface area contributed by atoms with E-state index in [4.69, 9.17) is 14.2 Å². The molecule has 0 heterocycles. The lowest BCUT2D eigenvalue weighted by Gasteiger charge is -2.15. The van der Waals surface area contributed by atoms with Gasteiger partial charge < -0.3 is 14.2 Å². The molecule has 0 aliphatic heterocycles. The highest BCUT2D eigenvalue weighted by Crippen LogP contribution is 2.34. The number of hydrogen-bond acceptors (Lipinski definition) is 4. The number of benzene rings is 1. The first-order chi connectivity index (χ1) is 7.56. The molecule has 0 spiro atoms. The summed E-state index contributed by atoms with van der Waals surface area (Å²) in [4.78, 5) is 11.6. The zero-order valence-corrected chi connectivity index (χ0v) is 10.2. The molecule has 1 rings (SSSR count). The van der Waals surface area contributed by atoms with Crippen molar-refractivity contribution in [3.8, 4) is 11.5 Å². The van der Waals surface area contributed by atoms with Crippen LogP contribution < -0.4 is 9.47 Å². The normalized spacial score (nSPS) is 9.81. The Morgan fingerprint density at radius 1 is 1.12 bits per heavy atom. The molecular weight excluding hydrogens is 208 g/mol. The van der Waals surface area contributed by atoms with E-state index in [-0.39, 0.29) is 0 Å². The second-order valence-corrected chi connectivity index (χ2v) is 3.42. The molecule has 0 N–H and O–H groups in total. The highest BCUT2D eigenvalue weighted by atomic mass is 16.5. The maximum Gasteiger partial charge on any atom is 0.341 e. The molecule has 0 atom stereocenters. The van der Waals surface area contributed by atoms with Crippen LogP contribution in [0.4, 0.5) is 0 Å². The highest BCUT2D eigenvalue weighted by molar-refractivity contribution is 5.95. The number of hydrogen-bond donors (Lipinski definition) is 0. The number of aryl methyl sites for hydroxylation is 1. The summed E-state index contributed by atoms with van der Waals surface area (Å²) in [5.41, 5.74) is 2.01. The van der Waals surface area contributed by atoms with Crippen molar-refractivity contribution in [2.24, 2.45) is 0 Å². The van der Waals surface area contributed by atoms with E-state index in [1.807, 2.05) is 13.8 Å². The first-order valence-electron chi connectivity index (χ1n) is 4.87. The number of carbonyl (C=O) groups is 1. The van der Waals surface area contributed by atoms with Crippen molar-refractivity contribution in [1.82, 2.24) is 0 Å².